The summed E-state index contributed by atoms with van der Waals surface area (Å²) < 4.78 is 119. The lowest BCUT2D eigenvalue weighted by Gasteiger charge is -2.30. The number of nitrogens with one attached hydrogen (secondary N) is 3. The predicted molar refractivity (Wildman–Crippen MR) is 159 cm³/mol. The molecule has 1 saturated carbocycles. The lowest BCUT2D eigenvalue weighted by atomic mass is 9.85. The maximum atomic E-state index is 14.0. The van der Waals surface area contributed by atoms with E-state index < -0.39 is 71.9 Å². The molecule has 1 saturated heterocycles. The van der Waals surface area contributed by atoms with Crippen LogP contribution in [0.4, 0.5) is 46.8 Å². The zero-order chi connectivity index (χ0) is 35.7. The number of carbonyl (C=O) groups is 2. The molecule has 1 atom stereocenters. The molecule has 2 aromatic heterocycles. The van der Waals surface area contributed by atoms with Crippen LogP contribution in [0.2, 0.25) is 0 Å². The van der Waals surface area contributed by atoms with Gasteiger partial charge in [-0.3, -0.25) is 14.2 Å². The van der Waals surface area contributed by atoms with Crippen molar-refractivity contribution in [3.63, 3.8) is 0 Å². The van der Waals surface area contributed by atoms with Gasteiger partial charge in [-0.15, -0.1) is 0 Å². The van der Waals surface area contributed by atoms with E-state index in [1.165, 1.54) is 23.7 Å². The summed E-state index contributed by atoms with van der Waals surface area (Å²) in [6.07, 6.45) is -11.2. The number of alkyl halides is 8. The number of imidazole rings is 1. The Morgan fingerprint density at radius 1 is 1.08 bits per heavy atom. The molecule has 268 valence electrons. The number of anilines is 2. The standard InChI is InChI=1S/C31H34F8N6O4/c1-29(10-3-11-49-29)27(47)40-14-16-4-9-20(31(37,38)39)21(12-16)42-28-43-22-13-19(26(48-15-23(32)33)44-24(22)45(28)2)25(46)41-18-7-5-17(6-8-18)30(34,35)36/h4,9,12-13,17-18,23H,3,5-8,10-11,14-15H2,1-2H3,(H,40,47)(H,41,46)(H,42,43)/t17-,18-,29?. The van der Waals surface area contributed by atoms with E-state index in [-0.39, 0.29) is 54.9 Å². The van der Waals surface area contributed by atoms with Gasteiger partial charge in [0, 0.05) is 26.2 Å². The number of pyridine rings is 1. The highest BCUT2D eigenvalue weighted by molar-refractivity contribution is 5.99. The number of aryl methyl sites for hydroxylation is 1. The second-order valence-electron chi connectivity index (χ2n) is 12.3. The van der Waals surface area contributed by atoms with Gasteiger partial charge in [0.2, 0.25) is 11.8 Å². The van der Waals surface area contributed by atoms with Crippen molar-refractivity contribution in [2.75, 3.05) is 18.5 Å². The Morgan fingerprint density at radius 3 is 2.41 bits per heavy atom. The third-order valence-electron chi connectivity index (χ3n) is 8.71. The summed E-state index contributed by atoms with van der Waals surface area (Å²) in [4.78, 5) is 34.3. The van der Waals surface area contributed by atoms with Gasteiger partial charge < -0.3 is 25.4 Å². The fourth-order valence-electron chi connectivity index (χ4n) is 5.95. The highest BCUT2D eigenvalue weighted by atomic mass is 19.4. The van der Waals surface area contributed by atoms with Crippen molar-refractivity contribution < 1.29 is 54.2 Å². The van der Waals surface area contributed by atoms with Crippen molar-refractivity contribution in [1.82, 2.24) is 25.2 Å². The summed E-state index contributed by atoms with van der Waals surface area (Å²) >= 11 is 0. The quantitative estimate of drug-likeness (QED) is 0.209. The minimum atomic E-state index is -4.79. The van der Waals surface area contributed by atoms with E-state index in [2.05, 4.69) is 25.9 Å². The number of aromatic nitrogens is 3. The minimum Gasteiger partial charge on any atom is -0.471 e. The van der Waals surface area contributed by atoms with Crippen LogP contribution in [0.1, 0.15) is 66.9 Å². The first kappa shape index (κ1) is 36.1. The van der Waals surface area contributed by atoms with Crippen LogP contribution >= 0.6 is 0 Å². The number of halogens is 8. The van der Waals surface area contributed by atoms with Crippen molar-refractivity contribution >= 4 is 34.6 Å². The first-order chi connectivity index (χ1) is 22.9. The van der Waals surface area contributed by atoms with Gasteiger partial charge in [-0.25, -0.2) is 13.8 Å². The second-order valence-corrected chi connectivity index (χ2v) is 12.3. The summed E-state index contributed by atoms with van der Waals surface area (Å²) in [5.74, 6) is -3.42. The number of hydrogen-bond donors (Lipinski definition) is 3. The zero-order valence-corrected chi connectivity index (χ0v) is 26.4. The normalized spacial score (nSPS) is 21.6. The molecule has 3 N–H and O–H groups in total. The Labute approximate surface area is 274 Å². The van der Waals surface area contributed by atoms with Crippen LogP contribution in [-0.4, -0.2) is 63.8 Å². The maximum absolute atomic E-state index is 14.0. The lowest BCUT2D eigenvalue weighted by Crippen LogP contribution is -2.43. The van der Waals surface area contributed by atoms with Crippen LogP contribution in [0.5, 0.6) is 5.88 Å². The molecule has 3 heterocycles. The fourth-order valence-corrected chi connectivity index (χ4v) is 5.95. The number of benzene rings is 1. The third kappa shape index (κ3) is 8.33. The van der Waals surface area contributed by atoms with Crippen molar-refractivity contribution in [1.29, 1.82) is 0 Å². The molecule has 1 aliphatic heterocycles. The molecule has 0 bridgehead atoms. The van der Waals surface area contributed by atoms with E-state index >= 15 is 0 Å². The molecule has 49 heavy (non-hydrogen) atoms. The molecule has 5 rings (SSSR count). The Kier molecular flexibility index (Phi) is 10.3. The van der Waals surface area contributed by atoms with Gasteiger partial charge in [0.15, 0.2) is 12.3 Å². The predicted octanol–water partition coefficient (Wildman–Crippen LogP) is 6.41. The highest BCUT2D eigenvalue weighted by Crippen LogP contribution is 2.39. The topological polar surface area (TPSA) is 119 Å². The number of fused-ring (bicyclic) bond motifs is 1. The van der Waals surface area contributed by atoms with E-state index in [0.717, 1.165) is 12.1 Å². The van der Waals surface area contributed by atoms with Gasteiger partial charge in [-0.1, -0.05) is 6.07 Å². The zero-order valence-electron chi connectivity index (χ0n) is 26.4. The smallest absolute Gasteiger partial charge is 0.418 e. The van der Waals surface area contributed by atoms with Gasteiger partial charge >= 0.3 is 12.4 Å². The van der Waals surface area contributed by atoms with Crippen LogP contribution in [0, 0.1) is 5.92 Å². The first-order valence-corrected chi connectivity index (χ1v) is 15.5. The molecule has 2 aliphatic rings. The molecule has 1 aromatic carbocycles. The third-order valence-corrected chi connectivity index (χ3v) is 8.71. The van der Waals surface area contributed by atoms with E-state index in [1.807, 2.05) is 0 Å². The average molecular weight is 707 g/mol. The van der Waals surface area contributed by atoms with Crippen molar-refractivity contribution in [2.45, 2.75) is 82.4 Å². The first-order valence-electron chi connectivity index (χ1n) is 15.5. The molecule has 0 radical (unpaired) electrons. The van der Waals surface area contributed by atoms with Crippen molar-refractivity contribution in [3.8, 4) is 5.88 Å². The molecular formula is C31H34F8N6O4. The van der Waals surface area contributed by atoms with Gasteiger partial charge in [-0.2, -0.15) is 31.3 Å². The van der Waals surface area contributed by atoms with Crippen LogP contribution in [0.3, 0.4) is 0 Å². The molecule has 10 nitrogen and oxygen atoms in total. The molecule has 1 unspecified atom stereocenters. The summed E-state index contributed by atoms with van der Waals surface area (Å²) in [6, 6.07) is 3.79. The SMILES string of the molecule is Cn1c(Nc2cc(CNC(=O)C3(C)CCCO3)ccc2C(F)(F)F)nc2cc(C(=O)N[C@H]3CC[C@H](C(F)(F)F)CC3)c(OCC(F)F)nc21. The maximum Gasteiger partial charge on any atom is 0.418 e. The van der Waals surface area contributed by atoms with Crippen LogP contribution in [0.15, 0.2) is 24.3 Å². The van der Waals surface area contributed by atoms with Gasteiger partial charge in [-0.05, 0) is 69.2 Å². The Morgan fingerprint density at radius 2 is 1.80 bits per heavy atom. The van der Waals surface area contributed by atoms with Gasteiger partial charge in [0.05, 0.1) is 17.2 Å². The second kappa shape index (κ2) is 14.0. The molecule has 3 aromatic rings. The van der Waals surface area contributed by atoms with Crippen molar-refractivity contribution in [3.05, 3.63) is 41.0 Å². The van der Waals surface area contributed by atoms with Crippen LogP contribution in [-0.2, 0) is 29.3 Å². The minimum absolute atomic E-state index is 0.0119. The fraction of sp³-hybridized carbons (Fsp3) is 0.548. The molecule has 0 spiro atoms. The number of carbonyl (C=O) groups excluding carboxylic acids is 2. The molecule has 2 amide bonds. The van der Waals surface area contributed by atoms with E-state index in [9.17, 15) is 44.7 Å². The van der Waals surface area contributed by atoms with Crippen LogP contribution in [0.25, 0.3) is 11.2 Å². The number of ether oxygens (including phenoxy) is 2. The number of amides is 2. The monoisotopic (exact) mass is 706 g/mol. The van der Waals surface area contributed by atoms with Crippen molar-refractivity contribution in [2.24, 2.45) is 13.0 Å². The van der Waals surface area contributed by atoms with Gasteiger partial charge in [0.1, 0.15) is 16.7 Å². The number of rotatable bonds is 10. The summed E-state index contributed by atoms with van der Waals surface area (Å²) in [5, 5.41) is 7.92. The van der Waals surface area contributed by atoms with E-state index in [1.54, 1.807) is 6.92 Å². The van der Waals surface area contributed by atoms with Gasteiger partial charge in [0.25, 0.3) is 18.2 Å². The summed E-state index contributed by atoms with van der Waals surface area (Å²) in [5.41, 5.74) is -2.54. The lowest BCUT2D eigenvalue weighted by molar-refractivity contribution is -0.182. The Bertz CT molecular complexity index is 1680. The number of nitrogens with zero attached hydrogens (tertiary/aromatic N) is 3. The van der Waals surface area contributed by atoms with Crippen LogP contribution < -0.4 is 20.7 Å². The Hall–Kier alpha value is -4.22. The largest absolute Gasteiger partial charge is 0.471 e. The molecular weight excluding hydrogens is 672 g/mol. The van der Waals surface area contributed by atoms with E-state index in [4.69, 9.17) is 9.47 Å². The molecule has 1 aliphatic carbocycles. The Balaban J connectivity index is 1.41. The molecule has 2 fully saturated rings. The summed E-state index contributed by atoms with van der Waals surface area (Å²) in [6.45, 7) is 0.817. The summed E-state index contributed by atoms with van der Waals surface area (Å²) in [7, 11) is 1.39. The molecule has 18 heteroatoms. The average Bonchev–Trinajstić information content (AvgIpc) is 3.60. The number of hydrogen-bond acceptors (Lipinski definition) is 7. The highest BCUT2D eigenvalue weighted by Gasteiger charge is 2.42. The van der Waals surface area contributed by atoms with E-state index in [0.29, 0.717) is 25.0 Å².